The van der Waals surface area contributed by atoms with Crippen molar-refractivity contribution in [1.82, 2.24) is 15.1 Å². The summed E-state index contributed by atoms with van der Waals surface area (Å²) < 4.78 is 4.82. The second-order valence-corrected chi connectivity index (χ2v) is 4.18. The Hall–Kier alpha value is -1.30. The number of likely N-dealkylation sites (tertiary alicyclic amines) is 1. The second-order valence-electron chi connectivity index (χ2n) is 4.18. The van der Waals surface area contributed by atoms with Gasteiger partial charge in [0.2, 0.25) is 5.91 Å². The van der Waals surface area contributed by atoms with Gasteiger partial charge in [-0.25, -0.2) is 4.79 Å². The number of methoxy groups -OCH3 is 1. The van der Waals surface area contributed by atoms with E-state index in [9.17, 15) is 9.59 Å². The van der Waals surface area contributed by atoms with E-state index < -0.39 is 0 Å². The average Bonchev–Trinajstić information content (AvgIpc) is 2.81. The molecule has 1 heterocycles. The van der Waals surface area contributed by atoms with Gasteiger partial charge in [0.05, 0.1) is 6.61 Å². The fourth-order valence-electron chi connectivity index (χ4n) is 1.78. The number of likely N-dealkylation sites (N-methyl/N-ethyl adjacent to an activating group) is 1. The van der Waals surface area contributed by atoms with Crippen LogP contribution < -0.4 is 5.32 Å². The molecule has 6 nitrogen and oxygen atoms in total. The summed E-state index contributed by atoms with van der Waals surface area (Å²) in [5.74, 6) is -0.155. The molecule has 17 heavy (non-hydrogen) atoms. The first-order valence-corrected chi connectivity index (χ1v) is 5.91. The Labute approximate surface area is 102 Å². The van der Waals surface area contributed by atoms with Gasteiger partial charge >= 0.3 is 6.03 Å². The van der Waals surface area contributed by atoms with Crippen LogP contribution in [-0.4, -0.2) is 68.7 Å². The maximum absolute atomic E-state index is 11.9. The zero-order valence-corrected chi connectivity index (χ0v) is 10.6. The third-order valence-electron chi connectivity index (χ3n) is 2.71. The van der Waals surface area contributed by atoms with Crippen LogP contribution in [0.25, 0.3) is 0 Å². The molecule has 6 heteroatoms. The van der Waals surface area contributed by atoms with Crippen LogP contribution in [0.1, 0.15) is 12.8 Å². The lowest BCUT2D eigenvalue weighted by Crippen LogP contribution is -2.44. The van der Waals surface area contributed by atoms with Gasteiger partial charge in [-0.2, -0.15) is 0 Å². The predicted molar refractivity (Wildman–Crippen MR) is 63.7 cm³/mol. The van der Waals surface area contributed by atoms with E-state index in [4.69, 9.17) is 4.74 Å². The number of urea groups is 1. The smallest absolute Gasteiger partial charge is 0.320 e. The highest BCUT2D eigenvalue weighted by molar-refractivity contribution is 5.83. The number of amides is 3. The summed E-state index contributed by atoms with van der Waals surface area (Å²) in [6.07, 6.45) is 2.11. The molecule has 0 aliphatic carbocycles. The molecule has 0 unspecified atom stereocenters. The van der Waals surface area contributed by atoms with Crippen LogP contribution in [-0.2, 0) is 9.53 Å². The van der Waals surface area contributed by atoms with E-state index in [0.717, 1.165) is 25.9 Å². The first kappa shape index (κ1) is 13.8. The van der Waals surface area contributed by atoms with Crippen LogP contribution in [0.3, 0.4) is 0 Å². The fourth-order valence-corrected chi connectivity index (χ4v) is 1.78. The molecule has 0 saturated carbocycles. The van der Waals surface area contributed by atoms with Crippen molar-refractivity contribution in [3.63, 3.8) is 0 Å². The molecule has 0 aromatic rings. The van der Waals surface area contributed by atoms with Gasteiger partial charge < -0.3 is 19.9 Å². The van der Waals surface area contributed by atoms with Crippen molar-refractivity contribution in [2.75, 3.05) is 46.9 Å². The molecule has 0 radical (unpaired) electrons. The molecule has 0 bridgehead atoms. The topological polar surface area (TPSA) is 61.9 Å². The number of nitrogens with one attached hydrogen (secondary N) is 1. The zero-order valence-electron chi connectivity index (χ0n) is 10.6. The van der Waals surface area contributed by atoms with Crippen LogP contribution in [0.4, 0.5) is 4.79 Å². The number of carbonyl (C=O) groups is 2. The Balaban J connectivity index is 2.24. The summed E-state index contributed by atoms with van der Waals surface area (Å²) in [5, 5.41) is 2.68. The number of ether oxygens (including phenoxy) is 1. The van der Waals surface area contributed by atoms with Crippen molar-refractivity contribution >= 4 is 11.9 Å². The highest BCUT2D eigenvalue weighted by atomic mass is 16.5. The minimum Gasteiger partial charge on any atom is -0.383 e. The van der Waals surface area contributed by atoms with Gasteiger partial charge in [0.1, 0.15) is 6.54 Å². The first-order valence-electron chi connectivity index (χ1n) is 5.91. The number of carbonyl (C=O) groups excluding carboxylic acids is 2. The number of hydrogen-bond donors (Lipinski definition) is 1. The minimum atomic E-state index is -0.155. The normalized spacial score (nSPS) is 14.8. The van der Waals surface area contributed by atoms with Crippen molar-refractivity contribution in [1.29, 1.82) is 0 Å². The van der Waals surface area contributed by atoms with Gasteiger partial charge in [-0.1, -0.05) is 0 Å². The molecule has 1 rings (SSSR count). The van der Waals surface area contributed by atoms with Gasteiger partial charge in [-0.05, 0) is 12.8 Å². The highest BCUT2D eigenvalue weighted by Crippen LogP contribution is 2.09. The maximum atomic E-state index is 11.9. The Morgan fingerprint density at radius 3 is 2.59 bits per heavy atom. The van der Waals surface area contributed by atoms with Crippen molar-refractivity contribution in [2.24, 2.45) is 0 Å². The molecule has 1 aliphatic rings. The predicted octanol–water partition coefficient (Wildman–Crippen LogP) is -0.103. The summed E-state index contributed by atoms with van der Waals surface area (Å²) in [6.45, 7) is 2.65. The largest absolute Gasteiger partial charge is 0.383 e. The average molecular weight is 243 g/mol. The van der Waals surface area contributed by atoms with E-state index in [1.807, 2.05) is 0 Å². The van der Waals surface area contributed by atoms with Gasteiger partial charge in [0.25, 0.3) is 0 Å². The van der Waals surface area contributed by atoms with E-state index in [1.165, 1.54) is 4.90 Å². The molecule has 1 N–H and O–H groups in total. The second kappa shape index (κ2) is 7.11. The van der Waals surface area contributed by atoms with E-state index in [-0.39, 0.29) is 18.5 Å². The molecule has 0 atom stereocenters. The van der Waals surface area contributed by atoms with Gasteiger partial charge in [0.15, 0.2) is 0 Å². The Kier molecular flexibility index (Phi) is 5.76. The zero-order chi connectivity index (χ0) is 12.7. The lowest BCUT2D eigenvalue weighted by molar-refractivity contribution is -0.121. The molecule has 3 amide bonds. The molecular weight excluding hydrogens is 222 g/mol. The Bertz CT molecular complexity index is 265. The standard InChI is InChI=1S/C11H21N3O3/c1-13(9-10(15)12-5-8-17-2)11(16)14-6-3-4-7-14/h3-9H2,1-2H3,(H,12,15). The molecule has 0 aromatic carbocycles. The van der Waals surface area contributed by atoms with Crippen LogP contribution in [0.15, 0.2) is 0 Å². The highest BCUT2D eigenvalue weighted by Gasteiger charge is 2.22. The summed E-state index contributed by atoms with van der Waals surface area (Å²) >= 11 is 0. The monoisotopic (exact) mass is 243 g/mol. The molecular formula is C11H21N3O3. The third kappa shape index (κ3) is 4.60. The number of hydrogen-bond acceptors (Lipinski definition) is 3. The van der Waals surface area contributed by atoms with Crippen LogP contribution in [0.5, 0.6) is 0 Å². The summed E-state index contributed by atoms with van der Waals surface area (Å²) in [7, 11) is 3.23. The lowest BCUT2D eigenvalue weighted by atomic mass is 10.4. The minimum absolute atomic E-state index is 0.0654. The maximum Gasteiger partial charge on any atom is 0.320 e. The van der Waals surface area contributed by atoms with Crippen LogP contribution in [0.2, 0.25) is 0 Å². The van der Waals surface area contributed by atoms with Gasteiger partial charge in [0, 0.05) is 33.8 Å². The van der Waals surface area contributed by atoms with Gasteiger partial charge in [-0.15, -0.1) is 0 Å². The summed E-state index contributed by atoms with van der Waals surface area (Å²) in [4.78, 5) is 26.6. The van der Waals surface area contributed by atoms with E-state index in [2.05, 4.69) is 5.32 Å². The Morgan fingerprint density at radius 2 is 2.00 bits per heavy atom. The molecule has 0 aromatic heterocycles. The molecule has 0 spiro atoms. The summed E-state index contributed by atoms with van der Waals surface area (Å²) in [6, 6.07) is -0.0654. The lowest BCUT2D eigenvalue weighted by Gasteiger charge is -2.23. The van der Waals surface area contributed by atoms with E-state index in [1.54, 1.807) is 19.1 Å². The quantitative estimate of drug-likeness (QED) is 0.686. The molecule has 1 aliphatic heterocycles. The van der Waals surface area contributed by atoms with Crippen molar-refractivity contribution in [3.8, 4) is 0 Å². The van der Waals surface area contributed by atoms with Crippen LogP contribution in [0, 0.1) is 0 Å². The van der Waals surface area contributed by atoms with Crippen molar-refractivity contribution in [3.05, 3.63) is 0 Å². The molecule has 98 valence electrons. The Morgan fingerprint density at radius 1 is 1.35 bits per heavy atom. The van der Waals surface area contributed by atoms with Gasteiger partial charge in [-0.3, -0.25) is 4.79 Å². The fraction of sp³-hybridized carbons (Fsp3) is 0.818. The van der Waals surface area contributed by atoms with E-state index >= 15 is 0 Å². The third-order valence-corrected chi connectivity index (χ3v) is 2.71. The number of nitrogens with zero attached hydrogens (tertiary/aromatic N) is 2. The number of rotatable bonds is 5. The van der Waals surface area contributed by atoms with Crippen LogP contribution >= 0.6 is 0 Å². The van der Waals surface area contributed by atoms with Crippen molar-refractivity contribution in [2.45, 2.75) is 12.8 Å². The SMILES string of the molecule is COCCNC(=O)CN(C)C(=O)N1CCCC1. The van der Waals surface area contributed by atoms with Crippen molar-refractivity contribution < 1.29 is 14.3 Å². The summed E-state index contributed by atoms with van der Waals surface area (Å²) in [5.41, 5.74) is 0. The first-order chi connectivity index (χ1) is 8.15. The molecule has 1 fully saturated rings. The molecule has 1 saturated heterocycles. The van der Waals surface area contributed by atoms with E-state index in [0.29, 0.717) is 13.2 Å².